The Balaban J connectivity index is 2.10. The molecule has 17 heavy (non-hydrogen) atoms. The number of nitrogens with zero attached hydrogens (tertiary/aromatic N) is 1. The van der Waals surface area contributed by atoms with Crippen LogP contribution in [0, 0.1) is 10.1 Å². The minimum atomic E-state index is -0.407. The van der Waals surface area contributed by atoms with E-state index in [9.17, 15) is 10.1 Å². The Morgan fingerprint density at radius 2 is 2.41 bits per heavy atom. The van der Waals surface area contributed by atoms with Crippen molar-refractivity contribution >= 4 is 34.7 Å². The molecule has 0 saturated carbocycles. The van der Waals surface area contributed by atoms with Crippen LogP contribution in [0.25, 0.3) is 0 Å². The summed E-state index contributed by atoms with van der Waals surface area (Å²) in [5, 5.41) is 14.9. The number of halogens is 1. The van der Waals surface area contributed by atoms with E-state index in [0.29, 0.717) is 16.0 Å². The molecule has 0 aromatic heterocycles. The molecule has 1 fully saturated rings. The van der Waals surface area contributed by atoms with Crippen molar-refractivity contribution in [3.8, 4) is 0 Å². The highest BCUT2D eigenvalue weighted by Gasteiger charge is 2.20. The summed E-state index contributed by atoms with van der Waals surface area (Å²) >= 11 is 7.89. The first-order valence-corrected chi connectivity index (χ1v) is 6.89. The fourth-order valence-corrected chi connectivity index (χ4v) is 3.30. The molecule has 1 aromatic rings. The lowest BCUT2D eigenvalue weighted by molar-refractivity contribution is -0.383. The summed E-state index contributed by atoms with van der Waals surface area (Å²) in [6, 6.07) is 4.73. The van der Waals surface area contributed by atoms with Crippen molar-refractivity contribution in [2.45, 2.75) is 18.1 Å². The average molecular weight is 273 g/mol. The Hall–Kier alpha value is -0.940. The zero-order valence-electron chi connectivity index (χ0n) is 9.19. The summed E-state index contributed by atoms with van der Waals surface area (Å²) in [5.74, 6) is 1.18. The van der Waals surface area contributed by atoms with E-state index in [4.69, 9.17) is 11.6 Å². The summed E-state index contributed by atoms with van der Waals surface area (Å²) in [6.45, 7) is 0.731. The highest BCUT2D eigenvalue weighted by molar-refractivity contribution is 8.00. The Kier molecular flexibility index (Phi) is 4.12. The lowest BCUT2D eigenvalue weighted by Gasteiger charge is -2.12. The molecule has 92 valence electrons. The van der Waals surface area contributed by atoms with Crippen LogP contribution < -0.4 is 5.32 Å². The van der Waals surface area contributed by atoms with Crippen molar-refractivity contribution in [2.24, 2.45) is 0 Å². The van der Waals surface area contributed by atoms with Gasteiger partial charge in [0.15, 0.2) is 0 Å². The molecule has 0 aliphatic carbocycles. The fourth-order valence-electron chi connectivity index (χ4n) is 1.86. The number of benzene rings is 1. The number of nitrogens with one attached hydrogen (secondary N) is 1. The third-order valence-corrected chi connectivity index (χ3v) is 4.43. The van der Waals surface area contributed by atoms with Crippen LogP contribution in [0.1, 0.15) is 12.8 Å². The zero-order chi connectivity index (χ0) is 12.3. The number of nitro groups is 1. The summed E-state index contributed by atoms with van der Waals surface area (Å²) in [6.07, 6.45) is 2.39. The number of anilines is 1. The highest BCUT2D eigenvalue weighted by atomic mass is 35.5. The SMILES string of the molecule is O=[N+]([O-])c1cccc(Cl)c1NCC1CCCS1. The summed E-state index contributed by atoms with van der Waals surface area (Å²) < 4.78 is 0. The van der Waals surface area contributed by atoms with Gasteiger partial charge in [-0.2, -0.15) is 11.8 Å². The zero-order valence-corrected chi connectivity index (χ0v) is 10.8. The number of nitro benzene ring substituents is 1. The number of thioether (sulfide) groups is 1. The molecule has 4 nitrogen and oxygen atoms in total. The molecule has 0 radical (unpaired) electrons. The van der Waals surface area contributed by atoms with Crippen LogP contribution in [-0.4, -0.2) is 22.5 Å². The van der Waals surface area contributed by atoms with Crippen molar-refractivity contribution in [2.75, 3.05) is 17.6 Å². The number of rotatable bonds is 4. The first kappa shape index (κ1) is 12.5. The van der Waals surface area contributed by atoms with Crippen molar-refractivity contribution in [1.29, 1.82) is 0 Å². The van der Waals surface area contributed by atoms with Crippen LogP contribution >= 0.6 is 23.4 Å². The van der Waals surface area contributed by atoms with Gasteiger partial charge in [0.1, 0.15) is 5.69 Å². The van der Waals surface area contributed by atoms with Gasteiger partial charge in [-0.25, -0.2) is 0 Å². The van der Waals surface area contributed by atoms with Gasteiger partial charge in [0.25, 0.3) is 5.69 Å². The lowest BCUT2D eigenvalue weighted by atomic mass is 10.2. The Morgan fingerprint density at radius 1 is 1.59 bits per heavy atom. The first-order chi connectivity index (χ1) is 8.18. The van der Waals surface area contributed by atoms with Crippen molar-refractivity contribution in [3.05, 3.63) is 33.3 Å². The second kappa shape index (κ2) is 5.60. The van der Waals surface area contributed by atoms with Gasteiger partial charge in [0.05, 0.1) is 9.95 Å². The Bertz CT molecular complexity index is 422. The van der Waals surface area contributed by atoms with Crippen molar-refractivity contribution in [3.63, 3.8) is 0 Å². The van der Waals surface area contributed by atoms with Crippen LogP contribution in [0.2, 0.25) is 5.02 Å². The third-order valence-electron chi connectivity index (χ3n) is 2.72. The highest BCUT2D eigenvalue weighted by Crippen LogP contribution is 2.33. The van der Waals surface area contributed by atoms with E-state index in [-0.39, 0.29) is 5.69 Å². The molecule has 1 saturated heterocycles. The molecule has 1 aliphatic rings. The molecule has 0 bridgehead atoms. The predicted molar refractivity (Wildman–Crippen MR) is 72.1 cm³/mol. The molecule has 2 rings (SSSR count). The molecule has 1 atom stereocenters. The molecule has 1 heterocycles. The Labute approximate surface area is 109 Å². The molecular weight excluding hydrogens is 260 g/mol. The van der Waals surface area contributed by atoms with E-state index >= 15 is 0 Å². The van der Waals surface area contributed by atoms with Gasteiger partial charge in [0, 0.05) is 17.9 Å². The molecule has 1 unspecified atom stereocenters. The third kappa shape index (κ3) is 3.04. The molecule has 1 N–H and O–H groups in total. The molecular formula is C11H13ClN2O2S. The largest absolute Gasteiger partial charge is 0.377 e. The second-order valence-electron chi connectivity index (χ2n) is 3.91. The quantitative estimate of drug-likeness (QED) is 0.673. The Morgan fingerprint density at radius 3 is 3.06 bits per heavy atom. The minimum Gasteiger partial charge on any atom is -0.377 e. The van der Waals surface area contributed by atoms with Crippen molar-refractivity contribution < 1.29 is 4.92 Å². The number of hydrogen-bond donors (Lipinski definition) is 1. The number of para-hydroxylation sites is 1. The summed E-state index contributed by atoms with van der Waals surface area (Å²) in [7, 11) is 0. The van der Waals surface area contributed by atoms with E-state index in [2.05, 4.69) is 5.32 Å². The minimum absolute atomic E-state index is 0.0421. The van der Waals surface area contributed by atoms with E-state index in [1.165, 1.54) is 18.2 Å². The van der Waals surface area contributed by atoms with Gasteiger partial charge in [-0.05, 0) is 24.7 Å². The number of hydrogen-bond acceptors (Lipinski definition) is 4. The van der Waals surface area contributed by atoms with E-state index in [1.807, 2.05) is 11.8 Å². The van der Waals surface area contributed by atoms with Crippen LogP contribution in [0.15, 0.2) is 18.2 Å². The molecule has 0 amide bonds. The van der Waals surface area contributed by atoms with Crippen molar-refractivity contribution in [1.82, 2.24) is 0 Å². The maximum absolute atomic E-state index is 10.9. The maximum Gasteiger partial charge on any atom is 0.293 e. The normalized spacial score (nSPS) is 19.2. The van der Waals surface area contributed by atoms with Gasteiger partial charge >= 0.3 is 0 Å². The van der Waals surface area contributed by atoms with Crippen LogP contribution in [0.3, 0.4) is 0 Å². The van der Waals surface area contributed by atoms with E-state index in [0.717, 1.165) is 13.0 Å². The van der Waals surface area contributed by atoms with Crippen LogP contribution in [-0.2, 0) is 0 Å². The lowest BCUT2D eigenvalue weighted by Crippen LogP contribution is -2.14. The molecule has 6 heteroatoms. The summed E-state index contributed by atoms with van der Waals surface area (Å²) in [5.41, 5.74) is 0.479. The monoisotopic (exact) mass is 272 g/mol. The first-order valence-electron chi connectivity index (χ1n) is 5.47. The molecule has 1 aliphatic heterocycles. The average Bonchev–Trinajstić information content (AvgIpc) is 2.80. The maximum atomic E-state index is 10.9. The molecule has 0 spiro atoms. The van der Waals surface area contributed by atoms with Gasteiger partial charge in [-0.3, -0.25) is 10.1 Å². The van der Waals surface area contributed by atoms with E-state index in [1.54, 1.807) is 12.1 Å². The van der Waals surface area contributed by atoms with Crippen LogP contribution in [0.4, 0.5) is 11.4 Å². The predicted octanol–water partition coefficient (Wildman–Crippen LogP) is 3.56. The van der Waals surface area contributed by atoms with Gasteiger partial charge < -0.3 is 5.32 Å². The second-order valence-corrected chi connectivity index (χ2v) is 5.72. The standard InChI is InChI=1S/C11H13ClN2O2S/c12-9-4-1-5-10(14(15)16)11(9)13-7-8-3-2-6-17-8/h1,4-5,8,13H,2-3,6-7H2. The fraction of sp³-hybridized carbons (Fsp3) is 0.455. The van der Waals surface area contributed by atoms with Gasteiger partial charge in [0.2, 0.25) is 0 Å². The summed E-state index contributed by atoms with van der Waals surface area (Å²) in [4.78, 5) is 10.5. The van der Waals surface area contributed by atoms with Gasteiger partial charge in [-0.15, -0.1) is 0 Å². The van der Waals surface area contributed by atoms with Crippen LogP contribution in [0.5, 0.6) is 0 Å². The van der Waals surface area contributed by atoms with E-state index < -0.39 is 4.92 Å². The smallest absolute Gasteiger partial charge is 0.293 e. The van der Waals surface area contributed by atoms with Gasteiger partial charge in [-0.1, -0.05) is 17.7 Å². The topological polar surface area (TPSA) is 55.2 Å². The molecule has 1 aromatic carbocycles.